The van der Waals surface area contributed by atoms with Crippen LogP contribution in [0.3, 0.4) is 0 Å². The fourth-order valence-electron chi connectivity index (χ4n) is 1.60. The number of carbonyl (C=O) groups excluding carboxylic acids is 1. The maximum Gasteiger partial charge on any atom is 0.151 e. The molecule has 3 nitrogen and oxygen atoms in total. The second-order valence-electron chi connectivity index (χ2n) is 3.26. The largest absolute Gasteiger partial charge is 0.357 e. The minimum Gasteiger partial charge on any atom is -0.357 e. The zero-order chi connectivity index (χ0) is 9.10. The summed E-state index contributed by atoms with van der Waals surface area (Å²) in [5, 5.41) is 0. The van der Waals surface area contributed by atoms with Crippen molar-refractivity contribution in [1.82, 2.24) is 4.98 Å². The lowest BCUT2D eigenvalue weighted by atomic mass is 10.3. The first kappa shape index (κ1) is 8.23. The maximum absolute atomic E-state index is 10.4. The molecule has 68 valence electrons. The fraction of sp³-hybridized carbons (Fsp3) is 0.400. The third kappa shape index (κ3) is 1.69. The molecule has 0 unspecified atom stereocenters. The van der Waals surface area contributed by atoms with Gasteiger partial charge in [0.05, 0.1) is 0 Å². The first-order valence-electron chi connectivity index (χ1n) is 4.56. The molecule has 1 aliphatic heterocycles. The van der Waals surface area contributed by atoms with Gasteiger partial charge in [0.15, 0.2) is 6.29 Å². The normalized spacial score (nSPS) is 16.2. The zero-order valence-corrected chi connectivity index (χ0v) is 7.44. The molecule has 2 heterocycles. The summed E-state index contributed by atoms with van der Waals surface area (Å²) in [6.45, 7) is 2.18. The fourth-order valence-corrected chi connectivity index (χ4v) is 1.60. The van der Waals surface area contributed by atoms with Crippen LogP contribution in [0.1, 0.15) is 23.2 Å². The highest BCUT2D eigenvalue weighted by Gasteiger charge is 2.12. The smallest absolute Gasteiger partial charge is 0.151 e. The van der Waals surface area contributed by atoms with E-state index >= 15 is 0 Å². The van der Waals surface area contributed by atoms with Gasteiger partial charge < -0.3 is 4.90 Å². The van der Waals surface area contributed by atoms with Crippen LogP contribution in [-0.2, 0) is 0 Å². The van der Waals surface area contributed by atoms with Crippen LogP contribution in [0.5, 0.6) is 0 Å². The Morgan fingerprint density at radius 2 is 2.08 bits per heavy atom. The summed E-state index contributed by atoms with van der Waals surface area (Å²) in [5.74, 6) is 0.989. The highest BCUT2D eigenvalue weighted by atomic mass is 16.1. The van der Waals surface area contributed by atoms with Crippen molar-refractivity contribution in [3.8, 4) is 0 Å². The quantitative estimate of drug-likeness (QED) is 0.640. The average Bonchev–Trinajstić information content (AvgIpc) is 2.71. The summed E-state index contributed by atoms with van der Waals surface area (Å²) in [4.78, 5) is 16.9. The summed E-state index contributed by atoms with van der Waals surface area (Å²) >= 11 is 0. The van der Waals surface area contributed by atoms with E-state index in [1.165, 1.54) is 12.8 Å². The molecule has 0 amide bonds. The van der Waals surface area contributed by atoms with Crippen molar-refractivity contribution in [3.05, 3.63) is 23.9 Å². The molecule has 1 aromatic rings. The average molecular weight is 176 g/mol. The monoisotopic (exact) mass is 176 g/mol. The van der Waals surface area contributed by atoms with Gasteiger partial charge in [-0.2, -0.15) is 0 Å². The van der Waals surface area contributed by atoms with E-state index in [9.17, 15) is 4.79 Å². The molecular formula is C10H12N2O. The molecule has 0 atom stereocenters. The van der Waals surface area contributed by atoms with E-state index in [1.54, 1.807) is 6.20 Å². The Bertz CT molecular complexity index is 288. The molecule has 1 saturated heterocycles. The molecule has 2 rings (SSSR count). The van der Waals surface area contributed by atoms with Crippen molar-refractivity contribution >= 4 is 12.1 Å². The summed E-state index contributed by atoms with van der Waals surface area (Å²) in [5.41, 5.74) is 0.642. The number of aromatic nitrogens is 1. The van der Waals surface area contributed by atoms with Crippen molar-refractivity contribution < 1.29 is 4.79 Å². The molecule has 1 aliphatic rings. The number of rotatable bonds is 2. The number of nitrogens with zero attached hydrogens (tertiary/aromatic N) is 2. The van der Waals surface area contributed by atoms with Crippen LogP contribution in [0, 0.1) is 0 Å². The highest BCUT2D eigenvalue weighted by molar-refractivity contribution is 5.74. The predicted molar refractivity (Wildman–Crippen MR) is 51.1 cm³/mol. The number of pyridine rings is 1. The summed E-state index contributed by atoms with van der Waals surface area (Å²) in [7, 11) is 0. The van der Waals surface area contributed by atoms with E-state index in [-0.39, 0.29) is 0 Å². The molecule has 0 spiro atoms. The topological polar surface area (TPSA) is 33.2 Å². The van der Waals surface area contributed by atoms with Crippen LogP contribution in [0.25, 0.3) is 0 Å². The van der Waals surface area contributed by atoms with Crippen molar-refractivity contribution in [1.29, 1.82) is 0 Å². The Balaban J connectivity index is 2.16. The number of anilines is 1. The van der Waals surface area contributed by atoms with Gasteiger partial charge in [-0.05, 0) is 25.0 Å². The number of hydrogen-bond acceptors (Lipinski definition) is 3. The molecule has 1 aromatic heterocycles. The zero-order valence-electron chi connectivity index (χ0n) is 7.44. The second kappa shape index (κ2) is 3.56. The first-order valence-corrected chi connectivity index (χ1v) is 4.56. The second-order valence-corrected chi connectivity index (χ2v) is 3.26. The molecule has 0 saturated carbocycles. The predicted octanol–water partition coefficient (Wildman–Crippen LogP) is 1.49. The molecule has 0 N–H and O–H groups in total. The molecular weight excluding hydrogens is 164 g/mol. The number of hydrogen-bond donors (Lipinski definition) is 0. The first-order chi connectivity index (χ1) is 6.40. The van der Waals surface area contributed by atoms with Gasteiger partial charge in [0, 0.05) is 24.8 Å². The molecule has 0 aliphatic carbocycles. The van der Waals surface area contributed by atoms with E-state index in [0.29, 0.717) is 5.56 Å². The van der Waals surface area contributed by atoms with Gasteiger partial charge in [-0.25, -0.2) is 4.98 Å². The number of carbonyl (C=O) groups is 1. The van der Waals surface area contributed by atoms with Crippen molar-refractivity contribution in [2.75, 3.05) is 18.0 Å². The Labute approximate surface area is 77.4 Å². The van der Waals surface area contributed by atoms with Gasteiger partial charge >= 0.3 is 0 Å². The van der Waals surface area contributed by atoms with Gasteiger partial charge in [-0.15, -0.1) is 0 Å². The maximum atomic E-state index is 10.4. The Morgan fingerprint density at radius 3 is 2.62 bits per heavy atom. The van der Waals surface area contributed by atoms with E-state index in [1.807, 2.05) is 12.1 Å². The van der Waals surface area contributed by atoms with Gasteiger partial charge in [-0.3, -0.25) is 4.79 Å². The minimum atomic E-state index is 0.642. The standard InChI is InChI=1S/C10H12N2O/c13-8-9-3-4-10(11-7-9)12-5-1-2-6-12/h3-4,7-8H,1-2,5-6H2. The van der Waals surface area contributed by atoms with Crippen molar-refractivity contribution in [2.45, 2.75) is 12.8 Å². The van der Waals surface area contributed by atoms with Crippen LogP contribution < -0.4 is 4.90 Å². The van der Waals surface area contributed by atoms with E-state index < -0.39 is 0 Å². The van der Waals surface area contributed by atoms with Gasteiger partial charge in [0.2, 0.25) is 0 Å². The van der Waals surface area contributed by atoms with E-state index in [2.05, 4.69) is 9.88 Å². The van der Waals surface area contributed by atoms with Crippen molar-refractivity contribution in [2.24, 2.45) is 0 Å². The van der Waals surface area contributed by atoms with Crippen LogP contribution in [0.4, 0.5) is 5.82 Å². The van der Waals surface area contributed by atoms with Crippen molar-refractivity contribution in [3.63, 3.8) is 0 Å². The molecule has 3 heteroatoms. The van der Waals surface area contributed by atoms with E-state index in [4.69, 9.17) is 0 Å². The van der Waals surface area contributed by atoms with Crippen LogP contribution in [0.15, 0.2) is 18.3 Å². The number of aldehydes is 1. The summed E-state index contributed by atoms with van der Waals surface area (Å²) < 4.78 is 0. The third-order valence-electron chi connectivity index (χ3n) is 2.34. The Hall–Kier alpha value is -1.38. The minimum absolute atomic E-state index is 0.642. The summed E-state index contributed by atoms with van der Waals surface area (Å²) in [6, 6.07) is 3.72. The molecule has 0 radical (unpaired) electrons. The Kier molecular flexibility index (Phi) is 2.25. The van der Waals surface area contributed by atoms with Crippen LogP contribution in [-0.4, -0.2) is 24.4 Å². The summed E-state index contributed by atoms with van der Waals surface area (Å²) in [6.07, 6.45) is 4.94. The van der Waals surface area contributed by atoms with Gasteiger partial charge in [-0.1, -0.05) is 0 Å². The SMILES string of the molecule is O=Cc1ccc(N2CCCC2)nc1. The Morgan fingerprint density at radius 1 is 1.31 bits per heavy atom. The lowest BCUT2D eigenvalue weighted by Crippen LogP contribution is -2.18. The van der Waals surface area contributed by atoms with Gasteiger partial charge in [0.25, 0.3) is 0 Å². The molecule has 0 aromatic carbocycles. The lowest BCUT2D eigenvalue weighted by molar-refractivity contribution is 0.112. The third-order valence-corrected chi connectivity index (χ3v) is 2.34. The van der Waals surface area contributed by atoms with Gasteiger partial charge in [0.1, 0.15) is 5.82 Å². The van der Waals surface area contributed by atoms with E-state index in [0.717, 1.165) is 25.2 Å². The molecule has 0 bridgehead atoms. The van der Waals surface area contributed by atoms with Crippen LogP contribution >= 0.6 is 0 Å². The lowest BCUT2D eigenvalue weighted by Gasteiger charge is -2.15. The molecule has 13 heavy (non-hydrogen) atoms. The highest BCUT2D eigenvalue weighted by Crippen LogP contribution is 2.16. The molecule has 1 fully saturated rings. The van der Waals surface area contributed by atoms with Crippen LogP contribution in [0.2, 0.25) is 0 Å².